The topological polar surface area (TPSA) is 86.9 Å². The Kier molecular flexibility index (Phi) is 5.28. The van der Waals surface area contributed by atoms with Gasteiger partial charge < -0.3 is 10.3 Å². The highest BCUT2D eigenvalue weighted by Crippen LogP contribution is 2.29. The van der Waals surface area contributed by atoms with Crippen LogP contribution >= 0.6 is 0 Å². The van der Waals surface area contributed by atoms with Crippen LogP contribution in [-0.2, 0) is 17.1 Å². The van der Waals surface area contributed by atoms with Crippen LogP contribution in [0.4, 0.5) is 10.2 Å². The zero-order valence-electron chi connectivity index (χ0n) is 13.6. The lowest BCUT2D eigenvalue weighted by Gasteiger charge is -2.13. The summed E-state index contributed by atoms with van der Waals surface area (Å²) in [6.07, 6.45) is 2.84. The van der Waals surface area contributed by atoms with Gasteiger partial charge in [-0.05, 0) is 23.3 Å². The lowest BCUT2D eigenvalue weighted by Crippen LogP contribution is -2.20. The zero-order valence-corrected chi connectivity index (χ0v) is 14.4. The number of anilines is 1. The molecule has 0 amide bonds. The maximum Gasteiger partial charge on any atom is 0.151 e. The first-order valence-corrected chi connectivity index (χ1v) is 8.92. The van der Waals surface area contributed by atoms with Crippen LogP contribution in [0, 0.1) is 5.82 Å². The van der Waals surface area contributed by atoms with Crippen molar-refractivity contribution in [1.29, 1.82) is 0 Å². The van der Waals surface area contributed by atoms with E-state index in [1.54, 1.807) is 13.1 Å². The Labute approximate surface area is 148 Å². The lowest BCUT2D eigenvalue weighted by molar-refractivity contribution is 0.586. The number of benzene rings is 2. The molecule has 0 aliphatic carbocycles. The zero-order chi connectivity index (χ0) is 17.8. The molecule has 0 aliphatic rings. The van der Waals surface area contributed by atoms with Gasteiger partial charge in [0.15, 0.2) is 5.75 Å². The second-order valence-corrected chi connectivity index (χ2v) is 6.76. The van der Waals surface area contributed by atoms with Crippen molar-refractivity contribution in [2.45, 2.75) is 5.75 Å². The molecule has 1 aromatic heterocycles. The second kappa shape index (κ2) is 7.60. The minimum Gasteiger partial charge on any atom is -0.598 e. The average molecular weight is 356 g/mol. The van der Waals surface area contributed by atoms with Gasteiger partial charge in [0.1, 0.15) is 11.6 Å². The molecule has 0 bridgehead atoms. The molecule has 0 saturated carbocycles. The van der Waals surface area contributed by atoms with E-state index in [1.807, 2.05) is 30.3 Å². The standard InChI is InChI=1S/C18H17FN4OS/c1-21-25(24)11-13-4-2-3-5-14(13)12-6-7-15(16(19)8-12)17-9-23-18(20)10-22-17/h2-10,21H,11H2,1H3,(H2,20,23). The summed E-state index contributed by atoms with van der Waals surface area (Å²) in [4.78, 5) is 8.05. The van der Waals surface area contributed by atoms with Gasteiger partial charge in [-0.1, -0.05) is 30.3 Å². The minimum atomic E-state index is -1.18. The Balaban J connectivity index is 1.97. The van der Waals surface area contributed by atoms with Crippen molar-refractivity contribution >= 4 is 17.2 Å². The first-order valence-electron chi connectivity index (χ1n) is 7.60. The van der Waals surface area contributed by atoms with E-state index in [-0.39, 0.29) is 5.82 Å². The fourth-order valence-electron chi connectivity index (χ4n) is 2.51. The summed E-state index contributed by atoms with van der Waals surface area (Å²) in [6, 6.07) is 12.5. The average Bonchev–Trinajstić information content (AvgIpc) is 2.63. The molecule has 1 heterocycles. The molecule has 1 atom stereocenters. The van der Waals surface area contributed by atoms with E-state index in [0.29, 0.717) is 22.6 Å². The number of rotatable bonds is 5. The molecule has 0 saturated heterocycles. The van der Waals surface area contributed by atoms with Gasteiger partial charge >= 0.3 is 0 Å². The number of hydrogen-bond acceptors (Lipinski definition) is 5. The third kappa shape index (κ3) is 3.96. The molecule has 0 fully saturated rings. The first kappa shape index (κ1) is 17.3. The van der Waals surface area contributed by atoms with E-state index in [2.05, 4.69) is 14.7 Å². The van der Waals surface area contributed by atoms with Crippen molar-refractivity contribution in [3.05, 3.63) is 66.2 Å². The van der Waals surface area contributed by atoms with Gasteiger partial charge in [0.2, 0.25) is 0 Å². The highest BCUT2D eigenvalue weighted by molar-refractivity contribution is 7.88. The third-order valence-corrected chi connectivity index (χ3v) is 4.79. The number of nitrogens with zero attached hydrogens (tertiary/aromatic N) is 2. The van der Waals surface area contributed by atoms with Crippen molar-refractivity contribution in [1.82, 2.24) is 14.7 Å². The van der Waals surface area contributed by atoms with Crippen LogP contribution in [0.25, 0.3) is 22.4 Å². The van der Waals surface area contributed by atoms with Crippen LogP contribution < -0.4 is 10.5 Å². The monoisotopic (exact) mass is 356 g/mol. The van der Waals surface area contributed by atoms with Crippen LogP contribution in [0.15, 0.2) is 54.9 Å². The Morgan fingerprint density at radius 3 is 2.60 bits per heavy atom. The van der Waals surface area contributed by atoms with Crippen molar-refractivity contribution in [2.75, 3.05) is 12.8 Å². The Hall–Kier alpha value is -2.48. The van der Waals surface area contributed by atoms with E-state index in [9.17, 15) is 8.94 Å². The maximum atomic E-state index is 14.6. The number of halogens is 1. The number of nitrogen functional groups attached to an aromatic ring is 1. The molecule has 0 aliphatic heterocycles. The van der Waals surface area contributed by atoms with E-state index < -0.39 is 17.2 Å². The molecule has 3 aromatic rings. The van der Waals surface area contributed by atoms with Crippen LogP contribution in [0.5, 0.6) is 0 Å². The number of nitrogens with two attached hydrogens (primary N) is 1. The van der Waals surface area contributed by atoms with Crippen molar-refractivity contribution in [3.63, 3.8) is 0 Å². The van der Waals surface area contributed by atoms with Gasteiger partial charge in [0.25, 0.3) is 0 Å². The summed E-state index contributed by atoms with van der Waals surface area (Å²) in [5.41, 5.74) is 8.73. The van der Waals surface area contributed by atoms with E-state index in [4.69, 9.17) is 5.73 Å². The van der Waals surface area contributed by atoms with Gasteiger partial charge in [-0.3, -0.25) is 4.98 Å². The molecule has 0 spiro atoms. The van der Waals surface area contributed by atoms with Crippen molar-refractivity contribution in [2.24, 2.45) is 0 Å². The normalized spacial score (nSPS) is 12.1. The molecule has 2 aromatic carbocycles. The molecular weight excluding hydrogens is 339 g/mol. The van der Waals surface area contributed by atoms with E-state index in [1.165, 1.54) is 18.5 Å². The Bertz CT molecular complexity index is 873. The fraction of sp³-hybridized carbons (Fsp3) is 0.111. The van der Waals surface area contributed by atoms with Crippen LogP contribution in [0.2, 0.25) is 0 Å². The smallest absolute Gasteiger partial charge is 0.151 e. The van der Waals surface area contributed by atoms with E-state index >= 15 is 0 Å². The predicted molar refractivity (Wildman–Crippen MR) is 98.2 cm³/mol. The van der Waals surface area contributed by atoms with Gasteiger partial charge in [-0.15, -0.1) is 4.72 Å². The molecular formula is C18H17FN4OS. The number of aromatic nitrogens is 2. The lowest BCUT2D eigenvalue weighted by atomic mass is 9.98. The summed E-state index contributed by atoms with van der Waals surface area (Å²) in [5, 5.41) is 0. The fourth-order valence-corrected chi connectivity index (χ4v) is 3.19. The Morgan fingerprint density at radius 1 is 1.12 bits per heavy atom. The minimum absolute atomic E-state index is 0.284. The Morgan fingerprint density at radius 2 is 1.92 bits per heavy atom. The number of hydrogen-bond donors (Lipinski definition) is 2. The number of nitrogens with one attached hydrogen (secondary N) is 1. The summed E-state index contributed by atoms with van der Waals surface area (Å²) < 4.78 is 29.1. The van der Waals surface area contributed by atoms with Gasteiger partial charge in [-0.2, -0.15) is 0 Å². The van der Waals surface area contributed by atoms with Crippen molar-refractivity contribution in [3.8, 4) is 22.4 Å². The van der Waals surface area contributed by atoms with Crippen LogP contribution in [-0.4, -0.2) is 21.6 Å². The summed E-state index contributed by atoms with van der Waals surface area (Å²) in [6.45, 7) is 0. The molecule has 25 heavy (non-hydrogen) atoms. The molecule has 7 heteroatoms. The summed E-state index contributed by atoms with van der Waals surface area (Å²) >= 11 is -1.18. The van der Waals surface area contributed by atoms with Crippen molar-refractivity contribution < 1.29 is 8.94 Å². The molecule has 0 radical (unpaired) electrons. The molecule has 3 rings (SSSR count). The van der Waals surface area contributed by atoms with Crippen LogP contribution in [0.1, 0.15) is 5.56 Å². The SMILES string of the molecule is CN[S+]([O-])Cc1ccccc1-c1ccc(-c2cnc(N)cn2)c(F)c1. The quantitative estimate of drug-likeness (QED) is 0.687. The summed E-state index contributed by atoms with van der Waals surface area (Å²) in [7, 11) is 1.64. The first-order chi connectivity index (χ1) is 12.1. The van der Waals surface area contributed by atoms with Gasteiger partial charge in [-0.25, -0.2) is 9.37 Å². The second-order valence-electron chi connectivity index (χ2n) is 5.37. The third-order valence-electron chi connectivity index (χ3n) is 3.76. The summed E-state index contributed by atoms with van der Waals surface area (Å²) in [5.74, 6) is 0.229. The molecule has 5 nitrogen and oxygen atoms in total. The highest BCUT2D eigenvalue weighted by atomic mass is 32.2. The van der Waals surface area contributed by atoms with E-state index in [0.717, 1.165) is 11.1 Å². The molecule has 1 unspecified atom stereocenters. The molecule has 3 N–H and O–H groups in total. The largest absolute Gasteiger partial charge is 0.598 e. The molecule has 128 valence electrons. The van der Waals surface area contributed by atoms with Gasteiger partial charge in [0, 0.05) is 29.5 Å². The van der Waals surface area contributed by atoms with Gasteiger partial charge in [0.05, 0.1) is 18.1 Å². The van der Waals surface area contributed by atoms with Crippen LogP contribution in [0.3, 0.4) is 0 Å². The highest BCUT2D eigenvalue weighted by Gasteiger charge is 2.14. The predicted octanol–water partition coefficient (Wildman–Crippen LogP) is 2.92. The maximum absolute atomic E-state index is 14.6.